The van der Waals surface area contributed by atoms with Gasteiger partial charge in [-0.15, -0.1) is 11.3 Å². The molecular weight excluding hydrogens is 248 g/mol. The van der Waals surface area contributed by atoms with Crippen molar-refractivity contribution in [2.75, 3.05) is 0 Å². The molecule has 94 valence electrons. The summed E-state index contributed by atoms with van der Waals surface area (Å²) in [6.45, 7) is 3.85. The summed E-state index contributed by atoms with van der Waals surface area (Å²) in [5.41, 5.74) is 1.94. The van der Waals surface area contributed by atoms with E-state index in [2.05, 4.69) is 9.97 Å². The number of carbonyl (C=O) groups is 1. The highest BCUT2D eigenvalue weighted by Crippen LogP contribution is 2.33. The van der Waals surface area contributed by atoms with Gasteiger partial charge in [0, 0.05) is 28.8 Å². The third-order valence-corrected chi connectivity index (χ3v) is 4.13. The van der Waals surface area contributed by atoms with Gasteiger partial charge in [0.05, 0.1) is 12.1 Å². The molecule has 2 aromatic heterocycles. The second-order valence-corrected chi connectivity index (χ2v) is 5.23. The largest absolute Gasteiger partial charge is 0.481 e. The van der Waals surface area contributed by atoms with E-state index in [1.54, 1.807) is 23.7 Å². The molecule has 0 saturated carbocycles. The second-order valence-electron chi connectivity index (χ2n) is 4.20. The molecule has 0 saturated heterocycles. The quantitative estimate of drug-likeness (QED) is 0.919. The topological polar surface area (TPSA) is 63.1 Å². The summed E-state index contributed by atoms with van der Waals surface area (Å²) in [6.07, 6.45) is 3.59. The van der Waals surface area contributed by atoms with Crippen LogP contribution < -0.4 is 0 Å². The van der Waals surface area contributed by atoms with Gasteiger partial charge in [-0.3, -0.25) is 9.78 Å². The molecule has 18 heavy (non-hydrogen) atoms. The lowest BCUT2D eigenvalue weighted by molar-refractivity contribution is -0.137. The van der Waals surface area contributed by atoms with Crippen molar-refractivity contribution in [2.45, 2.75) is 26.2 Å². The Morgan fingerprint density at radius 3 is 2.72 bits per heavy atom. The SMILES string of the molecule is Cc1nc(-c2ccncc2)sc1C(C)CC(=O)O. The maximum Gasteiger partial charge on any atom is 0.303 e. The summed E-state index contributed by atoms with van der Waals surface area (Å²) in [6, 6.07) is 3.81. The molecule has 1 unspecified atom stereocenters. The van der Waals surface area contributed by atoms with E-state index in [0.717, 1.165) is 21.1 Å². The maximum absolute atomic E-state index is 10.7. The molecule has 2 heterocycles. The molecule has 5 heteroatoms. The van der Waals surface area contributed by atoms with E-state index >= 15 is 0 Å². The monoisotopic (exact) mass is 262 g/mol. The van der Waals surface area contributed by atoms with E-state index in [1.165, 1.54) is 0 Å². The number of thiazole rings is 1. The summed E-state index contributed by atoms with van der Waals surface area (Å²) < 4.78 is 0. The van der Waals surface area contributed by atoms with Crippen LogP contribution in [0, 0.1) is 6.92 Å². The average molecular weight is 262 g/mol. The van der Waals surface area contributed by atoms with Crippen LogP contribution in [-0.2, 0) is 4.79 Å². The van der Waals surface area contributed by atoms with E-state index in [9.17, 15) is 4.79 Å². The molecule has 0 spiro atoms. The Hall–Kier alpha value is -1.75. The summed E-state index contributed by atoms with van der Waals surface area (Å²) in [4.78, 5) is 20.3. The van der Waals surface area contributed by atoms with Crippen molar-refractivity contribution in [3.8, 4) is 10.6 Å². The summed E-state index contributed by atoms with van der Waals surface area (Å²) in [7, 11) is 0. The third kappa shape index (κ3) is 2.73. The lowest BCUT2D eigenvalue weighted by Gasteiger charge is -2.05. The molecule has 2 rings (SSSR count). The Labute approximate surface area is 109 Å². The van der Waals surface area contributed by atoms with Gasteiger partial charge in [-0.25, -0.2) is 4.98 Å². The van der Waals surface area contributed by atoms with Gasteiger partial charge in [-0.2, -0.15) is 0 Å². The molecule has 0 fully saturated rings. The number of hydrogen-bond donors (Lipinski definition) is 1. The molecule has 4 nitrogen and oxygen atoms in total. The van der Waals surface area contributed by atoms with E-state index in [-0.39, 0.29) is 12.3 Å². The first kappa shape index (κ1) is 12.7. The van der Waals surface area contributed by atoms with Gasteiger partial charge >= 0.3 is 5.97 Å². The molecule has 0 radical (unpaired) electrons. The number of rotatable bonds is 4. The Morgan fingerprint density at radius 2 is 2.11 bits per heavy atom. The molecule has 0 aromatic carbocycles. The van der Waals surface area contributed by atoms with Crippen LogP contribution in [0.15, 0.2) is 24.5 Å². The van der Waals surface area contributed by atoms with E-state index in [0.29, 0.717) is 0 Å². The third-order valence-electron chi connectivity index (χ3n) is 2.69. The molecule has 0 amide bonds. The van der Waals surface area contributed by atoms with Gasteiger partial charge in [0.1, 0.15) is 5.01 Å². The number of pyridine rings is 1. The predicted molar refractivity (Wildman–Crippen MR) is 70.7 cm³/mol. The minimum absolute atomic E-state index is 0.00409. The zero-order valence-electron chi connectivity index (χ0n) is 10.3. The number of hydrogen-bond acceptors (Lipinski definition) is 4. The fourth-order valence-electron chi connectivity index (χ4n) is 1.84. The molecule has 0 aliphatic rings. The number of nitrogens with zero attached hydrogens (tertiary/aromatic N) is 2. The van der Waals surface area contributed by atoms with Gasteiger partial charge in [0.2, 0.25) is 0 Å². The smallest absolute Gasteiger partial charge is 0.303 e. The highest BCUT2D eigenvalue weighted by molar-refractivity contribution is 7.15. The van der Waals surface area contributed by atoms with Crippen LogP contribution in [0.1, 0.15) is 29.8 Å². The average Bonchev–Trinajstić information content (AvgIpc) is 2.72. The Morgan fingerprint density at radius 1 is 1.44 bits per heavy atom. The second kappa shape index (κ2) is 5.27. The summed E-state index contributed by atoms with van der Waals surface area (Å²) >= 11 is 1.56. The van der Waals surface area contributed by atoms with Gasteiger partial charge in [-0.05, 0) is 19.1 Å². The first-order valence-corrected chi connectivity index (χ1v) is 6.49. The van der Waals surface area contributed by atoms with Crippen LogP contribution in [0.4, 0.5) is 0 Å². The summed E-state index contributed by atoms with van der Waals surface area (Å²) in [5, 5.41) is 9.75. The van der Waals surface area contributed by atoms with Gasteiger partial charge in [-0.1, -0.05) is 6.92 Å². The number of aromatic nitrogens is 2. The fraction of sp³-hybridized carbons (Fsp3) is 0.308. The Kier molecular flexibility index (Phi) is 3.72. The highest BCUT2D eigenvalue weighted by Gasteiger charge is 2.17. The lowest BCUT2D eigenvalue weighted by atomic mass is 10.1. The molecular formula is C13H14N2O2S. The fourth-order valence-corrected chi connectivity index (χ4v) is 2.96. The molecule has 1 atom stereocenters. The van der Waals surface area contributed by atoms with Crippen molar-refractivity contribution >= 4 is 17.3 Å². The molecule has 1 N–H and O–H groups in total. The van der Waals surface area contributed by atoms with Crippen molar-refractivity contribution in [3.63, 3.8) is 0 Å². The van der Waals surface area contributed by atoms with Crippen LogP contribution in [0.3, 0.4) is 0 Å². The van der Waals surface area contributed by atoms with Gasteiger partial charge in [0.15, 0.2) is 0 Å². The van der Waals surface area contributed by atoms with Crippen molar-refractivity contribution in [1.82, 2.24) is 9.97 Å². The van der Waals surface area contributed by atoms with Crippen molar-refractivity contribution in [2.24, 2.45) is 0 Å². The first-order chi connectivity index (χ1) is 8.58. The number of carboxylic acids is 1. The number of aliphatic carboxylic acids is 1. The van der Waals surface area contributed by atoms with Crippen LogP contribution in [0.5, 0.6) is 0 Å². The Balaban J connectivity index is 2.30. The van der Waals surface area contributed by atoms with E-state index < -0.39 is 5.97 Å². The van der Waals surface area contributed by atoms with Crippen molar-refractivity contribution in [1.29, 1.82) is 0 Å². The van der Waals surface area contributed by atoms with E-state index in [4.69, 9.17) is 5.11 Å². The minimum atomic E-state index is -0.777. The molecule has 2 aromatic rings. The molecule has 0 aliphatic carbocycles. The van der Waals surface area contributed by atoms with Crippen molar-refractivity contribution < 1.29 is 9.90 Å². The van der Waals surface area contributed by atoms with Crippen LogP contribution in [-0.4, -0.2) is 21.0 Å². The molecule has 0 bridgehead atoms. The first-order valence-electron chi connectivity index (χ1n) is 5.67. The van der Waals surface area contributed by atoms with Crippen LogP contribution in [0.2, 0.25) is 0 Å². The van der Waals surface area contributed by atoms with Gasteiger partial charge < -0.3 is 5.11 Å². The standard InChI is InChI=1S/C13H14N2O2S/c1-8(7-11(16)17)12-9(2)15-13(18-12)10-3-5-14-6-4-10/h3-6,8H,7H2,1-2H3,(H,16,17). The number of aryl methyl sites for hydroxylation is 1. The molecule has 0 aliphatic heterocycles. The highest BCUT2D eigenvalue weighted by atomic mass is 32.1. The Bertz CT molecular complexity index is 551. The predicted octanol–water partition coefficient (Wildman–Crippen LogP) is 3.09. The lowest BCUT2D eigenvalue weighted by Crippen LogP contribution is -2.02. The van der Waals surface area contributed by atoms with Gasteiger partial charge in [0.25, 0.3) is 0 Å². The van der Waals surface area contributed by atoms with Crippen LogP contribution >= 0.6 is 11.3 Å². The maximum atomic E-state index is 10.7. The minimum Gasteiger partial charge on any atom is -0.481 e. The van der Waals surface area contributed by atoms with E-state index in [1.807, 2.05) is 26.0 Å². The summed E-state index contributed by atoms with van der Waals surface area (Å²) in [5.74, 6) is -0.781. The van der Waals surface area contributed by atoms with Crippen LogP contribution in [0.25, 0.3) is 10.6 Å². The normalized spacial score (nSPS) is 12.3. The number of carboxylic acid groups (broad SMARTS) is 1. The zero-order chi connectivity index (χ0) is 13.1. The van der Waals surface area contributed by atoms with Crippen molar-refractivity contribution in [3.05, 3.63) is 35.1 Å². The zero-order valence-corrected chi connectivity index (χ0v) is 11.1.